The van der Waals surface area contributed by atoms with Crippen molar-refractivity contribution in [3.05, 3.63) is 34.9 Å². The molecule has 0 aliphatic rings. The summed E-state index contributed by atoms with van der Waals surface area (Å²) in [6.45, 7) is 3.73. The lowest BCUT2D eigenvalue weighted by molar-refractivity contribution is -0.0383. The molecule has 0 fully saturated rings. The van der Waals surface area contributed by atoms with E-state index in [-0.39, 0.29) is 6.04 Å². The fourth-order valence-electron chi connectivity index (χ4n) is 0.959. The van der Waals surface area contributed by atoms with Crippen LogP contribution in [-0.4, -0.2) is 21.3 Å². The average molecular weight is 230 g/mol. The van der Waals surface area contributed by atoms with Crippen molar-refractivity contribution < 1.29 is 5.21 Å². The summed E-state index contributed by atoms with van der Waals surface area (Å²) in [4.78, 5) is 0.414. The highest BCUT2D eigenvalue weighted by Gasteiger charge is 2.11. The van der Waals surface area contributed by atoms with Gasteiger partial charge in [0.2, 0.25) is 0 Å². The molecule has 0 amide bonds. The number of thiocarbonyl (C=S) groups is 1. The van der Waals surface area contributed by atoms with Crippen molar-refractivity contribution in [2.75, 3.05) is 0 Å². The molecule has 0 heterocycles. The van der Waals surface area contributed by atoms with Crippen LogP contribution in [0.5, 0.6) is 0 Å². The fourth-order valence-corrected chi connectivity index (χ4v) is 1.43. The molecule has 0 spiro atoms. The first kappa shape index (κ1) is 11.4. The number of benzene rings is 1. The van der Waals surface area contributed by atoms with Gasteiger partial charge in [-0.2, -0.15) is 0 Å². The third-order valence-corrected chi connectivity index (χ3v) is 2.46. The molecule has 4 heteroatoms. The summed E-state index contributed by atoms with van der Waals surface area (Å²) in [6, 6.07) is 7.04. The van der Waals surface area contributed by atoms with E-state index in [1.807, 2.05) is 13.8 Å². The molecule has 14 heavy (non-hydrogen) atoms. The zero-order valence-corrected chi connectivity index (χ0v) is 9.64. The molecule has 76 valence electrons. The zero-order valence-electron chi connectivity index (χ0n) is 8.07. The number of hydrogen-bond acceptors (Lipinski definition) is 2. The van der Waals surface area contributed by atoms with Crippen molar-refractivity contribution in [1.29, 1.82) is 0 Å². The normalized spacial score (nSPS) is 10.4. The fraction of sp³-hybridized carbons (Fsp3) is 0.300. The zero-order chi connectivity index (χ0) is 10.7. The second kappa shape index (κ2) is 4.73. The van der Waals surface area contributed by atoms with Crippen LogP contribution in [0.15, 0.2) is 24.3 Å². The van der Waals surface area contributed by atoms with Crippen LogP contribution < -0.4 is 0 Å². The Morgan fingerprint density at radius 3 is 2.29 bits per heavy atom. The van der Waals surface area contributed by atoms with E-state index in [1.165, 1.54) is 0 Å². The van der Waals surface area contributed by atoms with Gasteiger partial charge in [-0.1, -0.05) is 36.0 Å². The van der Waals surface area contributed by atoms with Crippen molar-refractivity contribution >= 4 is 28.8 Å². The molecule has 0 aromatic heterocycles. The molecule has 1 rings (SSSR count). The van der Waals surface area contributed by atoms with Gasteiger partial charge in [0.1, 0.15) is 4.99 Å². The van der Waals surface area contributed by atoms with Gasteiger partial charge in [-0.05, 0) is 26.0 Å². The van der Waals surface area contributed by atoms with Crippen LogP contribution in [0.3, 0.4) is 0 Å². The average Bonchev–Trinajstić information content (AvgIpc) is 2.16. The van der Waals surface area contributed by atoms with E-state index in [9.17, 15) is 5.21 Å². The van der Waals surface area contributed by atoms with Crippen molar-refractivity contribution in [3.8, 4) is 0 Å². The Morgan fingerprint density at radius 2 is 1.86 bits per heavy atom. The molecule has 0 aliphatic carbocycles. The molecule has 1 aromatic carbocycles. The number of nitrogens with zero attached hydrogens (tertiary/aromatic N) is 1. The van der Waals surface area contributed by atoms with E-state index in [0.29, 0.717) is 10.0 Å². The molecule has 0 saturated heterocycles. The summed E-state index contributed by atoms with van der Waals surface area (Å²) in [7, 11) is 0. The molecule has 0 saturated carbocycles. The van der Waals surface area contributed by atoms with E-state index in [4.69, 9.17) is 23.8 Å². The molecule has 0 aliphatic heterocycles. The van der Waals surface area contributed by atoms with E-state index >= 15 is 0 Å². The Hall–Kier alpha value is -0.640. The second-order valence-electron chi connectivity index (χ2n) is 3.25. The second-order valence-corrected chi connectivity index (χ2v) is 4.07. The summed E-state index contributed by atoms with van der Waals surface area (Å²) in [5, 5.41) is 11.3. The molecule has 0 atom stereocenters. The van der Waals surface area contributed by atoms with Crippen LogP contribution in [0.2, 0.25) is 5.02 Å². The molecular weight excluding hydrogens is 218 g/mol. The maximum atomic E-state index is 9.58. The molecular formula is C10H12ClNOS. The first-order valence-corrected chi connectivity index (χ1v) is 5.09. The van der Waals surface area contributed by atoms with Gasteiger partial charge in [0.15, 0.2) is 0 Å². The van der Waals surface area contributed by atoms with Crippen molar-refractivity contribution in [2.24, 2.45) is 0 Å². The number of rotatable bonds is 2. The monoisotopic (exact) mass is 229 g/mol. The van der Waals surface area contributed by atoms with Crippen LogP contribution in [0.1, 0.15) is 19.4 Å². The highest BCUT2D eigenvalue weighted by Crippen LogP contribution is 2.12. The predicted octanol–water partition coefficient (Wildman–Crippen LogP) is 3.12. The van der Waals surface area contributed by atoms with Crippen LogP contribution in [-0.2, 0) is 0 Å². The molecule has 0 unspecified atom stereocenters. The SMILES string of the molecule is CC(C)N(O)C(=S)c1ccc(Cl)cc1. The van der Waals surface area contributed by atoms with Gasteiger partial charge in [0.05, 0.1) is 6.04 Å². The summed E-state index contributed by atoms with van der Waals surface area (Å²) in [6.07, 6.45) is 0. The van der Waals surface area contributed by atoms with Gasteiger partial charge in [0, 0.05) is 10.6 Å². The van der Waals surface area contributed by atoms with Gasteiger partial charge < -0.3 is 0 Å². The third-order valence-electron chi connectivity index (χ3n) is 1.79. The summed E-state index contributed by atoms with van der Waals surface area (Å²) in [5.41, 5.74) is 0.792. The summed E-state index contributed by atoms with van der Waals surface area (Å²) >= 11 is 10.8. The summed E-state index contributed by atoms with van der Waals surface area (Å²) < 4.78 is 0. The number of halogens is 1. The van der Waals surface area contributed by atoms with Crippen molar-refractivity contribution in [2.45, 2.75) is 19.9 Å². The first-order chi connectivity index (χ1) is 6.52. The quantitative estimate of drug-likeness (QED) is 0.623. The molecule has 1 N–H and O–H groups in total. The molecule has 2 nitrogen and oxygen atoms in total. The standard InChI is InChI=1S/C10H12ClNOS/c1-7(2)12(13)10(14)8-3-5-9(11)6-4-8/h3-7,13H,1-2H3. The van der Waals surface area contributed by atoms with E-state index < -0.39 is 0 Å². The van der Waals surface area contributed by atoms with Crippen LogP contribution in [0, 0.1) is 0 Å². The summed E-state index contributed by atoms with van der Waals surface area (Å²) in [5.74, 6) is 0. The smallest absolute Gasteiger partial charge is 0.134 e. The lowest BCUT2D eigenvalue weighted by Crippen LogP contribution is -2.32. The lowest BCUT2D eigenvalue weighted by Gasteiger charge is -2.21. The van der Waals surface area contributed by atoms with Gasteiger partial charge >= 0.3 is 0 Å². The van der Waals surface area contributed by atoms with Crippen molar-refractivity contribution in [3.63, 3.8) is 0 Å². The maximum absolute atomic E-state index is 9.58. The number of hydroxylamine groups is 2. The Balaban J connectivity index is 2.84. The van der Waals surface area contributed by atoms with Crippen LogP contribution in [0.25, 0.3) is 0 Å². The van der Waals surface area contributed by atoms with E-state index in [2.05, 4.69) is 0 Å². The predicted molar refractivity (Wildman–Crippen MR) is 61.9 cm³/mol. The maximum Gasteiger partial charge on any atom is 0.134 e. The number of hydrogen-bond donors (Lipinski definition) is 1. The molecule has 0 bridgehead atoms. The van der Waals surface area contributed by atoms with Gasteiger partial charge in [-0.25, -0.2) is 5.06 Å². The minimum absolute atomic E-state index is 0.0295. The highest BCUT2D eigenvalue weighted by molar-refractivity contribution is 7.80. The van der Waals surface area contributed by atoms with Gasteiger partial charge in [-0.15, -0.1) is 0 Å². The van der Waals surface area contributed by atoms with Gasteiger partial charge in [0.25, 0.3) is 0 Å². The van der Waals surface area contributed by atoms with Crippen LogP contribution in [0.4, 0.5) is 0 Å². The van der Waals surface area contributed by atoms with Crippen molar-refractivity contribution in [1.82, 2.24) is 5.06 Å². The van der Waals surface area contributed by atoms with E-state index in [0.717, 1.165) is 10.6 Å². The Bertz CT molecular complexity index is 323. The topological polar surface area (TPSA) is 23.5 Å². The third kappa shape index (κ3) is 2.67. The molecule has 1 aromatic rings. The van der Waals surface area contributed by atoms with Gasteiger partial charge in [-0.3, -0.25) is 5.21 Å². The minimum Gasteiger partial charge on any atom is -0.287 e. The Labute approximate surface area is 94.1 Å². The molecule has 0 radical (unpaired) electrons. The first-order valence-electron chi connectivity index (χ1n) is 4.30. The Kier molecular flexibility index (Phi) is 3.86. The lowest BCUT2D eigenvalue weighted by atomic mass is 10.2. The van der Waals surface area contributed by atoms with E-state index in [1.54, 1.807) is 24.3 Å². The minimum atomic E-state index is -0.0295. The Morgan fingerprint density at radius 1 is 1.36 bits per heavy atom. The largest absolute Gasteiger partial charge is 0.287 e. The van der Waals surface area contributed by atoms with Crippen LogP contribution >= 0.6 is 23.8 Å². The highest BCUT2D eigenvalue weighted by atomic mass is 35.5.